The summed E-state index contributed by atoms with van der Waals surface area (Å²) >= 11 is 0. The summed E-state index contributed by atoms with van der Waals surface area (Å²) in [6, 6.07) is 15.4. The number of ether oxygens (including phenoxy) is 2. The third-order valence-corrected chi connectivity index (χ3v) is 12.2. The van der Waals surface area contributed by atoms with E-state index in [0.29, 0.717) is 54.8 Å². The average Bonchev–Trinajstić information content (AvgIpc) is 4.02. The first kappa shape index (κ1) is 38.6. The van der Waals surface area contributed by atoms with Crippen molar-refractivity contribution in [3.63, 3.8) is 0 Å². The molecule has 4 aliphatic rings. The van der Waals surface area contributed by atoms with E-state index in [1.54, 1.807) is 7.11 Å². The van der Waals surface area contributed by atoms with Crippen molar-refractivity contribution in [1.29, 1.82) is 0 Å². The molecule has 15 heteroatoms. The molecule has 0 radical (unpaired) electrons. The Kier molecular flexibility index (Phi) is 11.7. The van der Waals surface area contributed by atoms with E-state index in [2.05, 4.69) is 10.0 Å². The van der Waals surface area contributed by atoms with Gasteiger partial charge in [0.2, 0.25) is 21.8 Å². The van der Waals surface area contributed by atoms with Crippen LogP contribution < -0.4 is 25.2 Å². The summed E-state index contributed by atoms with van der Waals surface area (Å²) in [5.74, 6) is -0.560. The van der Waals surface area contributed by atoms with Crippen LogP contribution in [0.25, 0.3) is 22.2 Å². The van der Waals surface area contributed by atoms with Gasteiger partial charge in [-0.25, -0.2) is 13.4 Å². The van der Waals surface area contributed by atoms with Crippen molar-refractivity contribution in [2.24, 2.45) is 11.7 Å². The van der Waals surface area contributed by atoms with Crippen LogP contribution >= 0.6 is 24.8 Å². The SMILES string of the molecule is COc1ccc2c(O[C@@H]3CC4C(=O)N[C@]5(C(=O)NS(=O)(=O)C6CC6)C[C@H]5CCCCCC[C@H](N)C(=O)N4C3)cc(-c3ccccc3)nc2c1.Cl.Cl. The van der Waals surface area contributed by atoms with E-state index in [1.165, 1.54) is 4.90 Å². The number of nitrogens with zero attached hydrogens (tertiary/aromatic N) is 2. The summed E-state index contributed by atoms with van der Waals surface area (Å²) in [7, 11) is -2.22. The van der Waals surface area contributed by atoms with Crippen LogP contribution in [0.3, 0.4) is 0 Å². The van der Waals surface area contributed by atoms with Crippen LogP contribution in [-0.4, -0.2) is 78.7 Å². The number of benzene rings is 2. The molecule has 3 aromatic rings. The lowest BCUT2D eigenvalue weighted by atomic mass is 10.0. The maximum absolute atomic E-state index is 14.1. The molecule has 1 aromatic heterocycles. The van der Waals surface area contributed by atoms with Crippen molar-refractivity contribution in [2.75, 3.05) is 13.7 Å². The van der Waals surface area contributed by atoms with E-state index in [-0.39, 0.29) is 49.6 Å². The Bertz CT molecular complexity index is 1880. The quantitative estimate of drug-likeness (QED) is 0.318. The first-order valence-electron chi connectivity index (χ1n) is 17.2. The fourth-order valence-electron chi connectivity index (χ4n) is 7.31. The van der Waals surface area contributed by atoms with Crippen LogP contribution in [0.4, 0.5) is 0 Å². The standard InChI is InChI=1S/C36H43N5O7S.2ClH/c1-47-24-13-16-27-30(17-24)38-29(22-9-5-4-6-10-22)19-32(27)48-25-18-31-33(42)39-36(35(44)40-49(45,46)26-14-15-26)20-23(36)11-7-2-3-8-12-28(37)34(43)41(31)21-25;;/h4-6,9-10,13,16-17,19,23,25-26,28,31H,2-3,7-8,11-12,14-15,18,20-21,37H2,1H3,(H,39,42)(H,40,44);2*1H/t23-,25-,28+,31?,36-;;/m1../s1. The normalized spacial score (nSPS) is 26.7. The minimum absolute atomic E-state index is 0. The number of sulfonamides is 1. The Morgan fingerprint density at radius 3 is 2.43 bits per heavy atom. The Morgan fingerprint density at radius 2 is 1.73 bits per heavy atom. The molecule has 0 spiro atoms. The van der Waals surface area contributed by atoms with E-state index >= 15 is 0 Å². The number of methoxy groups -OCH3 is 1. The molecule has 2 saturated carbocycles. The summed E-state index contributed by atoms with van der Waals surface area (Å²) in [6.45, 7) is 0.115. The summed E-state index contributed by atoms with van der Waals surface area (Å²) < 4.78 is 39.8. The number of pyridine rings is 1. The second kappa shape index (κ2) is 15.5. The summed E-state index contributed by atoms with van der Waals surface area (Å²) in [4.78, 5) is 47.9. The van der Waals surface area contributed by atoms with E-state index in [1.807, 2.05) is 54.6 Å². The van der Waals surface area contributed by atoms with Crippen LogP contribution in [0.5, 0.6) is 11.5 Å². The van der Waals surface area contributed by atoms with Crippen LogP contribution in [-0.2, 0) is 24.4 Å². The van der Waals surface area contributed by atoms with Gasteiger partial charge in [0.05, 0.1) is 36.2 Å². The van der Waals surface area contributed by atoms with Gasteiger partial charge in [-0.2, -0.15) is 0 Å². The molecule has 2 aliphatic heterocycles. The highest BCUT2D eigenvalue weighted by Gasteiger charge is 2.62. The molecule has 2 aliphatic carbocycles. The molecular weight excluding hydrogens is 717 g/mol. The van der Waals surface area contributed by atoms with Gasteiger partial charge in [0.25, 0.3) is 5.91 Å². The van der Waals surface area contributed by atoms with Crippen LogP contribution in [0.1, 0.15) is 64.2 Å². The number of nitrogens with two attached hydrogens (primary N) is 1. The van der Waals surface area contributed by atoms with Crippen molar-refractivity contribution < 1.29 is 32.3 Å². The highest BCUT2D eigenvalue weighted by Crippen LogP contribution is 2.48. The lowest BCUT2D eigenvalue weighted by Crippen LogP contribution is -2.57. The minimum Gasteiger partial charge on any atom is -0.497 e. The fraction of sp³-hybridized carbons (Fsp3) is 0.500. The van der Waals surface area contributed by atoms with Crippen LogP contribution in [0, 0.1) is 5.92 Å². The highest BCUT2D eigenvalue weighted by molar-refractivity contribution is 7.91. The molecule has 1 unspecified atom stereocenters. The number of halogens is 2. The monoisotopic (exact) mass is 761 g/mol. The molecule has 2 aromatic carbocycles. The van der Waals surface area contributed by atoms with Crippen molar-refractivity contribution in [3.8, 4) is 22.8 Å². The maximum atomic E-state index is 14.1. The smallest absolute Gasteiger partial charge is 0.259 e. The maximum Gasteiger partial charge on any atom is 0.259 e. The number of carbonyl (C=O) groups is 3. The highest BCUT2D eigenvalue weighted by atomic mass is 35.5. The van der Waals surface area contributed by atoms with E-state index in [4.69, 9.17) is 20.2 Å². The van der Waals surface area contributed by atoms with Gasteiger partial charge in [-0.05, 0) is 50.2 Å². The molecule has 7 rings (SSSR count). The molecule has 3 amide bonds. The van der Waals surface area contributed by atoms with Gasteiger partial charge in [-0.15, -0.1) is 24.8 Å². The second-order valence-corrected chi connectivity index (χ2v) is 15.8. The van der Waals surface area contributed by atoms with Crippen LogP contribution in [0.2, 0.25) is 0 Å². The number of nitrogens with one attached hydrogen (secondary N) is 2. The third-order valence-electron chi connectivity index (χ3n) is 10.4. The molecule has 0 bridgehead atoms. The number of carbonyl (C=O) groups excluding carboxylic acids is 3. The number of amides is 3. The van der Waals surface area contributed by atoms with Gasteiger partial charge in [0, 0.05) is 29.5 Å². The van der Waals surface area contributed by atoms with Crippen molar-refractivity contribution in [2.45, 2.75) is 93.2 Å². The average molecular weight is 763 g/mol. The lowest BCUT2D eigenvalue weighted by Gasteiger charge is -2.28. The third kappa shape index (κ3) is 8.06. The van der Waals surface area contributed by atoms with Gasteiger partial charge < -0.3 is 25.4 Å². The predicted octanol–water partition coefficient (Wildman–Crippen LogP) is 4.27. The summed E-state index contributed by atoms with van der Waals surface area (Å²) in [6.07, 6.45) is 5.52. The topological polar surface area (TPSA) is 170 Å². The zero-order valence-electron chi connectivity index (χ0n) is 28.4. The zero-order valence-corrected chi connectivity index (χ0v) is 30.9. The molecule has 51 heavy (non-hydrogen) atoms. The zero-order chi connectivity index (χ0) is 34.3. The fourth-order valence-corrected chi connectivity index (χ4v) is 8.67. The number of hydrogen-bond acceptors (Lipinski definition) is 9. The molecule has 2 saturated heterocycles. The molecule has 4 N–H and O–H groups in total. The molecule has 12 nitrogen and oxygen atoms in total. The van der Waals surface area contributed by atoms with Gasteiger partial charge in [0.1, 0.15) is 29.2 Å². The minimum atomic E-state index is -3.81. The molecule has 276 valence electrons. The van der Waals surface area contributed by atoms with E-state index < -0.39 is 50.8 Å². The summed E-state index contributed by atoms with van der Waals surface area (Å²) in [5.41, 5.74) is 7.32. The first-order valence-corrected chi connectivity index (χ1v) is 18.8. The van der Waals surface area contributed by atoms with Gasteiger partial charge in [-0.1, -0.05) is 56.0 Å². The summed E-state index contributed by atoms with van der Waals surface area (Å²) in [5, 5.41) is 3.11. The largest absolute Gasteiger partial charge is 0.497 e. The van der Waals surface area contributed by atoms with Gasteiger partial charge in [0.15, 0.2) is 0 Å². The Hall–Kier alpha value is -3.65. The number of hydrogen-bond donors (Lipinski definition) is 3. The number of rotatable bonds is 7. The molecule has 4 fully saturated rings. The molecular formula is C36H45Cl2N5O7S. The second-order valence-electron chi connectivity index (χ2n) is 13.9. The predicted molar refractivity (Wildman–Crippen MR) is 198 cm³/mol. The number of fused-ring (bicyclic) bond motifs is 3. The Labute approximate surface area is 310 Å². The lowest BCUT2D eigenvalue weighted by molar-refractivity contribution is -0.140. The molecule has 3 heterocycles. The first-order chi connectivity index (χ1) is 23.6. The Morgan fingerprint density at radius 1 is 1.00 bits per heavy atom. The van der Waals surface area contributed by atoms with Gasteiger partial charge >= 0.3 is 0 Å². The van der Waals surface area contributed by atoms with Crippen molar-refractivity contribution in [1.82, 2.24) is 19.9 Å². The van der Waals surface area contributed by atoms with Crippen LogP contribution in [0.15, 0.2) is 54.6 Å². The molecule has 5 atom stereocenters. The van der Waals surface area contributed by atoms with Crippen molar-refractivity contribution in [3.05, 3.63) is 54.6 Å². The van der Waals surface area contributed by atoms with E-state index in [9.17, 15) is 22.8 Å². The van der Waals surface area contributed by atoms with E-state index in [0.717, 1.165) is 36.6 Å². The van der Waals surface area contributed by atoms with Gasteiger partial charge in [-0.3, -0.25) is 19.1 Å². The Balaban J connectivity index is 0.00000252. The number of aromatic nitrogens is 1. The van der Waals surface area contributed by atoms with Crippen molar-refractivity contribution >= 4 is 63.5 Å².